The highest BCUT2D eigenvalue weighted by atomic mass is 79.9. The second-order valence-corrected chi connectivity index (χ2v) is 5.60. The number of rotatable bonds is 4. The molecule has 0 aliphatic rings. The van der Waals surface area contributed by atoms with Crippen LogP contribution < -0.4 is 5.32 Å². The average molecular weight is 356 g/mol. The molecule has 2 aromatic carbocycles. The number of para-hydroxylation sites is 1. The molecule has 4 nitrogen and oxygen atoms in total. The van der Waals surface area contributed by atoms with E-state index in [9.17, 15) is 10.1 Å². The molecule has 0 amide bonds. The topological polar surface area (TPSA) is 55.2 Å². The first-order chi connectivity index (χ1) is 9.49. The van der Waals surface area contributed by atoms with Gasteiger partial charge in [0.15, 0.2) is 0 Å². The van der Waals surface area contributed by atoms with E-state index in [2.05, 4.69) is 21.2 Å². The minimum atomic E-state index is -0.371. The Kier molecular flexibility index (Phi) is 4.62. The molecule has 0 heterocycles. The standard InChI is InChI=1S/C14H12BrClN2O2/c1-9(11-4-2-3-5-14(11)18(19)20)17-13-7-6-10(16)8-12(13)15/h2-9,17H,1H3. The Hall–Kier alpha value is -1.59. The third kappa shape index (κ3) is 3.29. The summed E-state index contributed by atoms with van der Waals surface area (Å²) >= 11 is 9.30. The van der Waals surface area contributed by atoms with E-state index in [1.807, 2.05) is 13.0 Å². The summed E-state index contributed by atoms with van der Waals surface area (Å²) in [4.78, 5) is 10.7. The molecule has 1 N–H and O–H groups in total. The molecule has 0 saturated heterocycles. The zero-order valence-electron chi connectivity index (χ0n) is 10.6. The molecule has 104 valence electrons. The minimum Gasteiger partial charge on any atom is -0.377 e. The quantitative estimate of drug-likeness (QED) is 0.607. The van der Waals surface area contributed by atoms with Crippen LogP contribution >= 0.6 is 27.5 Å². The van der Waals surface area contributed by atoms with Crippen LogP contribution in [0.5, 0.6) is 0 Å². The lowest BCUT2D eigenvalue weighted by Gasteiger charge is -2.17. The predicted octanol–water partition coefficient (Wildman–Crippen LogP) is 5.18. The third-order valence-corrected chi connectivity index (χ3v) is 3.79. The normalized spacial score (nSPS) is 11.9. The van der Waals surface area contributed by atoms with Crippen LogP contribution in [0.25, 0.3) is 0 Å². The molecular weight excluding hydrogens is 344 g/mol. The molecule has 6 heteroatoms. The summed E-state index contributed by atoms with van der Waals surface area (Å²) in [6.07, 6.45) is 0. The first kappa shape index (κ1) is 14.8. The molecule has 2 aromatic rings. The monoisotopic (exact) mass is 354 g/mol. The first-order valence-corrected chi connectivity index (χ1v) is 7.11. The Morgan fingerprint density at radius 2 is 2.00 bits per heavy atom. The second-order valence-electron chi connectivity index (χ2n) is 4.31. The molecule has 0 aliphatic heterocycles. The van der Waals surface area contributed by atoms with Crippen molar-refractivity contribution in [1.82, 2.24) is 0 Å². The maximum Gasteiger partial charge on any atom is 0.274 e. The minimum absolute atomic E-state index is 0.109. The van der Waals surface area contributed by atoms with Gasteiger partial charge in [-0.2, -0.15) is 0 Å². The van der Waals surface area contributed by atoms with Crippen molar-refractivity contribution in [2.45, 2.75) is 13.0 Å². The lowest BCUT2D eigenvalue weighted by atomic mass is 10.1. The van der Waals surface area contributed by atoms with Gasteiger partial charge in [-0.1, -0.05) is 29.8 Å². The van der Waals surface area contributed by atoms with Gasteiger partial charge in [0.1, 0.15) is 0 Å². The smallest absolute Gasteiger partial charge is 0.274 e. The van der Waals surface area contributed by atoms with E-state index in [0.717, 1.165) is 10.2 Å². The Bertz CT molecular complexity index is 649. The molecule has 20 heavy (non-hydrogen) atoms. The zero-order chi connectivity index (χ0) is 14.7. The number of nitrogens with one attached hydrogen (secondary N) is 1. The van der Waals surface area contributed by atoms with E-state index >= 15 is 0 Å². The molecule has 0 bridgehead atoms. The molecule has 1 atom stereocenters. The van der Waals surface area contributed by atoms with Crippen molar-refractivity contribution < 1.29 is 4.92 Å². The van der Waals surface area contributed by atoms with Crippen molar-refractivity contribution >= 4 is 38.9 Å². The SMILES string of the molecule is CC(Nc1ccc(Cl)cc1Br)c1ccccc1[N+](=O)[O-]. The first-order valence-electron chi connectivity index (χ1n) is 5.94. The molecule has 2 rings (SSSR count). The molecule has 0 fully saturated rings. The molecule has 0 spiro atoms. The van der Waals surface area contributed by atoms with Crippen LogP contribution in [0, 0.1) is 10.1 Å². The number of nitro benzene ring substituents is 1. The van der Waals surface area contributed by atoms with Crippen LogP contribution in [0.2, 0.25) is 5.02 Å². The summed E-state index contributed by atoms with van der Waals surface area (Å²) in [5, 5.41) is 14.9. The zero-order valence-corrected chi connectivity index (χ0v) is 13.0. The molecule has 0 radical (unpaired) electrons. The summed E-state index contributed by atoms with van der Waals surface area (Å²) in [5.74, 6) is 0. The van der Waals surface area contributed by atoms with Gasteiger partial charge >= 0.3 is 0 Å². The molecule has 1 unspecified atom stereocenters. The van der Waals surface area contributed by atoms with Gasteiger partial charge < -0.3 is 5.32 Å². The Morgan fingerprint density at radius 3 is 2.65 bits per heavy atom. The highest BCUT2D eigenvalue weighted by Crippen LogP contribution is 2.31. The van der Waals surface area contributed by atoms with Gasteiger partial charge in [-0.15, -0.1) is 0 Å². The van der Waals surface area contributed by atoms with E-state index in [1.165, 1.54) is 6.07 Å². The number of hydrogen-bond donors (Lipinski definition) is 1. The Balaban J connectivity index is 2.28. The summed E-state index contributed by atoms with van der Waals surface area (Å²) < 4.78 is 0.815. The van der Waals surface area contributed by atoms with Crippen molar-refractivity contribution in [3.63, 3.8) is 0 Å². The maximum absolute atomic E-state index is 11.0. The van der Waals surface area contributed by atoms with E-state index in [-0.39, 0.29) is 16.7 Å². The van der Waals surface area contributed by atoms with E-state index in [1.54, 1.807) is 30.3 Å². The maximum atomic E-state index is 11.0. The van der Waals surface area contributed by atoms with E-state index in [4.69, 9.17) is 11.6 Å². The highest BCUT2D eigenvalue weighted by Gasteiger charge is 2.18. The number of hydrogen-bond acceptors (Lipinski definition) is 3. The summed E-state index contributed by atoms with van der Waals surface area (Å²) in [5.41, 5.74) is 1.58. The number of nitrogens with zero attached hydrogens (tertiary/aromatic N) is 1. The lowest BCUT2D eigenvalue weighted by molar-refractivity contribution is -0.385. The molecule has 0 aliphatic carbocycles. The van der Waals surface area contributed by atoms with Crippen molar-refractivity contribution in [3.8, 4) is 0 Å². The van der Waals surface area contributed by atoms with E-state index in [0.29, 0.717) is 10.6 Å². The van der Waals surface area contributed by atoms with Crippen LogP contribution in [0.4, 0.5) is 11.4 Å². The number of nitro groups is 1. The van der Waals surface area contributed by atoms with Crippen LogP contribution in [-0.4, -0.2) is 4.92 Å². The predicted molar refractivity (Wildman–Crippen MR) is 84.3 cm³/mol. The van der Waals surface area contributed by atoms with Crippen molar-refractivity contribution in [2.75, 3.05) is 5.32 Å². The number of halogens is 2. The fourth-order valence-corrected chi connectivity index (χ4v) is 2.73. The van der Waals surface area contributed by atoms with Crippen LogP contribution in [0.15, 0.2) is 46.9 Å². The largest absolute Gasteiger partial charge is 0.377 e. The van der Waals surface area contributed by atoms with Gasteiger partial charge in [0.25, 0.3) is 5.69 Å². The molecule has 0 aromatic heterocycles. The van der Waals surface area contributed by atoms with Gasteiger partial charge in [0.05, 0.1) is 16.5 Å². The molecular formula is C14H12BrClN2O2. The Morgan fingerprint density at radius 1 is 1.30 bits per heavy atom. The van der Waals surface area contributed by atoms with Crippen molar-refractivity contribution in [2.24, 2.45) is 0 Å². The highest BCUT2D eigenvalue weighted by molar-refractivity contribution is 9.10. The number of benzene rings is 2. The molecule has 0 saturated carbocycles. The Labute approximate surface area is 130 Å². The summed E-state index contributed by atoms with van der Waals surface area (Å²) in [6.45, 7) is 1.88. The average Bonchev–Trinajstić information content (AvgIpc) is 2.41. The van der Waals surface area contributed by atoms with Crippen LogP contribution in [-0.2, 0) is 0 Å². The fraction of sp³-hybridized carbons (Fsp3) is 0.143. The van der Waals surface area contributed by atoms with Gasteiger partial charge in [0.2, 0.25) is 0 Å². The van der Waals surface area contributed by atoms with Gasteiger partial charge in [-0.3, -0.25) is 10.1 Å². The van der Waals surface area contributed by atoms with Crippen LogP contribution in [0.3, 0.4) is 0 Å². The van der Waals surface area contributed by atoms with Gasteiger partial charge in [0, 0.05) is 21.2 Å². The van der Waals surface area contributed by atoms with Gasteiger partial charge in [-0.05, 0) is 41.1 Å². The number of anilines is 1. The van der Waals surface area contributed by atoms with Crippen molar-refractivity contribution in [3.05, 3.63) is 67.6 Å². The van der Waals surface area contributed by atoms with Crippen molar-refractivity contribution in [1.29, 1.82) is 0 Å². The van der Waals surface area contributed by atoms with Crippen LogP contribution in [0.1, 0.15) is 18.5 Å². The lowest BCUT2D eigenvalue weighted by Crippen LogP contribution is -2.09. The van der Waals surface area contributed by atoms with Gasteiger partial charge in [-0.25, -0.2) is 0 Å². The summed E-state index contributed by atoms with van der Waals surface area (Å²) in [7, 11) is 0. The second kappa shape index (κ2) is 6.24. The third-order valence-electron chi connectivity index (χ3n) is 2.90. The fourth-order valence-electron chi connectivity index (χ4n) is 1.94. The summed E-state index contributed by atoms with van der Waals surface area (Å²) in [6, 6.07) is 11.9. The van der Waals surface area contributed by atoms with E-state index < -0.39 is 0 Å².